The van der Waals surface area contributed by atoms with Crippen LogP contribution in [0.4, 0.5) is 5.69 Å². The molecule has 2 N–H and O–H groups in total. The highest BCUT2D eigenvalue weighted by atomic mass is 35.5. The summed E-state index contributed by atoms with van der Waals surface area (Å²) in [7, 11) is 0. The highest BCUT2D eigenvalue weighted by molar-refractivity contribution is 6.35. The number of aromatic nitrogens is 4. The Morgan fingerprint density at radius 1 is 1.25 bits per heavy atom. The van der Waals surface area contributed by atoms with Gasteiger partial charge in [-0.2, -0.15) is 0 Å². The Hall–Kier alpha value is -1.62. The molecular formula is C14H18ClN5. The van der Waals surface area contributed by atoms with Gasteiger partial charge in [-0.3, -0.25) is 0 Å². The smallest absolute Gasteiger partial charge is 0.183 e. The van der Waals surface area contributed by atoms with E-state index in [0.29, 0.717) is 22.5 Å². The van der Waals surface area contributed by atoms with Gasteiger partial charge >= 0.3 is 0 Å². The lowest BCUT2D eigenvalue weighted by Crippen LogP contribution is -2.16. The average Bonchev–Trinajstić information content (AvgIpc) is 2.91. The third-order valence-electron chi connectivity index (χ3n) is 3.96. The fraction of sp³-hybridized carbons (Fsp3) is 0.500. The number of benzene rings is 1. The summed E-state index contributed by atoms with van der Waals surface area (Å²) in [4.78, 5) is 0. The summed E-state index contributed by atoms with van der Waals surface area (Å²) >= 11 is 6.27. The van der Waals surface area contributed by atoms with Gasteiger partial charge in [-0.1, -0.05) is 36.9 Å². The van der Waals surface area contributed by atoms with Crippen LogP contribution in [0, 0.1) is 5.92 Å². The molecule has 1 fully saturated rings. The quantitative estimate of drug-likeness (QED) is 0.882. The number of anilines is 1. The Kier molecular flexibility index (Phi) is 3.87. The van der Waals surface area contributed by atoms with E-state index in [4.69, 9.17) is 17.3 Å². The van der Waals surface area contributed by atoms with Crippen LogP contribution in [-0.4, -0.2) is 20.2 Å². The highest BCUT2D eigenvalue weighted by Crippen LogP contribution is 2.32. The third kappa shape index (κ3) is 2.63. The van der Waals surface area contributed by atoms with Crippen molar-refractivity contribution in [1.29, 1.82) is 0 Å². The van der Waals surface area contributed by atoms with E-state index in [1.54, 1.807) is 6.07 Å². The molecule has 6 heteroatoms. The average molecular weight is 292 g/mol. The number of nitrogens with zero attached hydrogens (tertiary/aromatic N) is 4. The van der Waals surface area contributed by atoms with E-state index in [1.165, 1.54) is 32.1 Å². The number of nitrogen functional groups attached to an aromatic ring is 1. The molecule has 1 aliphatic rings. The second-order valence-corrected chi connectivity index (χ2v) is 5.78. The molecule has 0 aliphatic heterocycles. The van der Waals surface area contributed by atoms with Crippen molar-refractivity contribution in [2.24, 2.45) is 5.92 Å². The summed E-state index contributed by atoms with van der Waals surface area (Å²) in [6.07, 6.45) is 6.47. The maximum Gasteiger partial charge on any atom is 0.183 e. The Balaban J connectivity index is 1.87. The lowest BCUT2D eigenvalue weighted by Gasteiger charge is -2.21. The van der Waals surface area contributed by atoms with Crippen LogP contribution in [-0.2, 0) is 6.54 Å². The van der Waals surface area contributed by atoms with Gasteiger partial charge in [0.1, 0.15) is 0 Å². The molecule has 0 spiro atoms. The van der Waals surface area contributed by atoms with Crippen molar-refractivity contribution in [3.63, 3.8) is 0 Å². The molecular weight excluding hydrogens is 274 g/mol. The number of nitrogens with two attached hydrogens (primary N) is 1. The van der Waals surface area contributed by atoms with Gasteiger partial charge in [-0.15, -0.1) is 5.10 Å². The van der Waals surface area contributed by atoms with Crippen molar-refractivity contribution in [3.8, 4) is 11.4 Å². The van der Waals surface area contributed by atoms with E-state index in [2.05, 4.69) is 15.5 Å². The van der Waals surface area contributed by atoms with Crippen molar-refractivity contribution in [3.05, 3.63) is 23.2 Å². The largest absolute Gasteiger partial charge is 0.398 e. The van der Waals surface area contributed by atoms with Crippen molar-refractivity contribution in [2.45, 2.75) is 38.6 Å². The molecule has 0 bridgehead atoms. The molecule has 1 aromatic heterocycles. The summed E-state index contributed by atoms with van der Waals surface area (Å²) in [6.45, 7) is 0.855. The Morgan fingerprint density at radius 2 is 2.05 bits per heavy atom. The minimum Gasteiger partial charge on any atom is -0.398 e. The molecule has 0 amide bonds. The summed E-state index contributed by atoms with van der Waals surface area (Å²) in [5, 5.41) is 12.5. The van der Waals surface area contributed by atoms with Gasteiger partial charge in [0, 0.05) is 12.1 Å². The first-order chi connectivity index (χ1) is 9.75. The van der Waals surface area contributed by atoms with Crippen LogP contribution >= 0.6 is 11.6 Å². The molecule has 0 saturated heterocycles. The third-order valence-corrected chi connectivity index (χ3v) is 4.38. The van der Waals surface area contributed by atoms with E-state index in [1.807, 2.05) is 16.8 Å². The van der Waals surface area contributed by atoms with Crippen LogP contribution < -0.4 is 5.73 Å². The summed E-state index contributed by atoms with van der Waals surface area (Å²) < 4.78 is 1.86. The topological polar surface area (TPSA) is 69.6 Å². The van der Waals surface area contributed by atoms with Gasteiger partial charge in [0.05, 0.1) is 10.7 Å². The van der Waals surface area contributed by atoms with E-state index >= 15 is 0 Å². The molecule has 0 unspecified atom stereocenters. The second kappa shape index (κ2) is 5.79. The number of hydrogen-bond acceptors (Lipinski definition) is 4. The molecule has 106 valence electrons. The summed E-state index contributed by atoms with van der Waals surface area (Å²) in [6, 6.07) is 5.55. The molecule has 0 atom stereocenters. The molecule has 20 heavy (non-hydrogen) atoms. The standard InChI is InChI=1S/C14H18ClN5/c15-13-11(7-4-8-12(13)16)14-17-18-19-20(14)9-10-5-2-1-3-6-10/h4,7-8,10H,1-3,5-6,9,16H2. The predicted octanol–water partition coefficient (Wildman–Crippen LogP) is 3.16. The van der Waals surface area contributed by atoms with Crippen molar-refractivity contribution >= 4 is 17.3 Å². The molecule has 1 heterocycles. The molecule has 1 saturated carbocycles. The van der Waals surface area contributed by atoms with Crippen molar-refractivity contribution in [2.75, 3.05) is 5.73 Å². The van der Waals surface area contributed by atoms with Crippen LogP contribution in [0.15, 0.2) is 18.2 Å². The Bertz CT molecular complexity index is 589. The van der Waals surface area contributed by atoms with E-state index < -0.39 is 0 Å². The molecule has 2 aromatic rings. The van der Waals surface area contributed by atoms with Crippen molar-refractivity contribution < 1.29 is 0 Å². The van der Waals surface area contributed by atoms with Gasteiger partial charge in [0.15, 0.2) is 5.82 Å². The van der Waals surface area contributed by atoms with Gasteiger partial charge in [0.25, 0.3) is 0 Å². The molecule has 3 rings (SSSR count). The Morgan fingerprint density at radius 3 is 2.85 bits per heavy atom. The normalized spacial score (nSPS) is 16.4. The monoisotopic (exact) mass is 291 g/mol. The Labute approximate surface area is 123 Å². The maximum absolute atomic E-state index is 6.27. The summed E-state index contributed by atoms with van der Waals surface area (Å²) in [5.41, 5.74) is 7.20. The van der Waals surface area contributed by atoms with Crippen molar-refractivity contribution in [1.82, 2.24) is 20.2 Å². The fourth-order valence-electron chi connectivity index (χ4n) is 2.86. The number of tetrazole rings is 1. The van der Waals surface area contributed by atoms with Crippen LogP contribution in [0.2, 0.25) is 5.02 Å². The first kappa shape index (κ1) is 13.4. The van der Waals surface area contributed by atoms with Gasteiger partial charge in [0.2, 0.25) is 0 Å². The minimum absolute atomic E-state index is 0.521. The first-order valence-electron chi connectivity index (χ1n) is 7.06. The molecule has 1 aliphatic carbocycles. The number of halogens is 1. The van der Waals surface area contributed by atoms with E-state index in [0.717, 1.165) is 12.1 Å². The zero-order valence-electron chi connectivity index (χ0n) is 11.3. The van der Waals surface area contributed by atoms with Gasteiger partial charge in [-0.25, -0.2) is 4.68 Å². The zero-order chi connectivity index (χ0) is 13.9. The lowest BCUT2D eigenvalue weighted by molar-refractivity contribution is 0.307. The minimum atomic E-state index is 0.521. The second-order valence-electron chi connectivity index (χ2n) is 5.40. The van der Waals surface area contributed by atoms with Crippen LogP contribution in [0.3, 0.4) is 0 Å². The SMILES string of the molecule is Nc1cccc(-c2nnnn2CC2CCCCC2)c1Cl. The molecule has 0 radical (unpaired) electrons. The predicted molar refractivity (Wildman–Crippen MR) is 79.3 cm³/mol. The highest BCUT2D eigenvalue weighted by Gasteiger charge is 2.19. The van der Waals surface area contributed by atoms with Crippen LogP contribution in [0.25, 0.3) is 11.4 Å². The van der Waals surface area contributed by atoms with E-state index in [-0.39, 0.29) is 0 Å². The van der Waals surface area contributed by atoms with E-state index in [9.17, 15) is 0 Å². The molecule has 5 nitrogen and oxygen atoms in total. The number of rotatable bonds is 3. The first-order valence-corrected chi connectivity index (χ1v) is 7.44. The zero-order valence-corrected chi connectivity index (χ0v) is 12.1. The molecule has 1 aromatic carbocycles. The summed E-state index contributed by atoms with van der Waals surface area (Å²) in [5.74, 6) is 1.36. The van der Waals surface area contributed by atoms with Crippen LogP contribution in [0.1, 0.15) is 32.1 Å². The fourth-order valence-corrected chi connectivity index (χ4v) is 3.07. The van der Waals surface area contributed by atoms with Gasteiger partial charge < -0.3 is 5.73 Å². The van der Waals surface area contributed by atoms with Gasteiger partial charge in [-0.05, 0) is 41.3 Å². The number of hydrogen-bond donors (Lipinski definition) is 1. The maximum atomic E-state index is 6.27. The lowest BCUT2D eigenvalue weighted by atomic mass is 9.89. The van der Waals surface area contributed by atoms with Crippen LogP contribution in [0.5, 0.6) is 0 Å².